The van der Waals surface area contributed by atoms with Crippen molar-refractivity contribution in [3.05, 3.63) is 34.2 Å². The van der Waals surface area contributed by atoms with Gasteiger partial charge in [-0.2, -0.15) is 0 Å². The average molecular weight is 386 g/mol. The Labute approximate surface area is 165 Å². The van der Waals surface area contributed by atoms with Crippen LogP contribution in [0.3, 0.4) is 0 Å². The first-order valence-electron chi connectivity index (χ1n) is 10.5. The summed E-state index contributed by atoms with van der Waals surface area (Å²) in [5, 5.41) is 3.15. The molecule has 0 spiro atoms. The van der Waals surface area contributed by atoms with Gasteiger partial charge in [-0.15, -0.1) is 0 Å². The topological polar surface area (TPSA) is 74.7 Å². The largest absolute Gasteiger partial charge is 0.353 e. The van der Waals surface area contributed by atoms with Crippen molar-refractivity contribution in [2.24, 2.45) is 13.0 Å². The maximum absolute atomic E-state index is 12.7. The summed E-state index contributed by atoms with van der Waals surface area (Å²) in [5.74, 6) is 0.337. The number of aryl methyl sites for hydroxylation is 1. The molecule has 3 fully saturated rings. The molecule has 152 valence electrons. The second-order valence-corrected chi connectivity index (χ2v) is 8.51. The number of piperidine rings is 2. The molecular weight excluding hydrogens is 356 g/mol. The summed E-state index contributed by atoms with van der Waals surface area (Å²) in [6.07, 6.45) is 7.81. The molecule has 7 heteroatoms. The number of amides is 2. The summed E-state index contributed by atoms with van der Waals surface area (Å²) in [6.45, 7) is 3.34. The Kier molecular flexibility index (Phi) is 5.53. The molecule has 0 unspecified atom stereocenters. The molecule has 28 heavy (non-hydrogen) atoms. The van der Waals surface area contributed by atoms with Crippen molar-refractivity contribution in [2.75, 3.05) is 26.2 Å². The normalized spacial score (nSPS) is 24.2. The first-order chi connectivity index (χ1) is 13.5. The van der Waals surface area contributed by atoms with Crippen LogP contribution >= 0.6 is 0 Å². The van der Waals surface area contributed by atoms with Gasteiger partial charge in [-0.1, -0.05) is 0 Å². The van der Waals surface area contributed by atoms with Gasteiger partial charge in [0.2, 0.25) is 11.5 Å². The maximum Gasteiger partial charge on any atom is 0.255 e. The molecule has 2 amide bonds. The monoisotopic (exact) mass is 386 g/mol. The number of hydrogen-bond donors (Lipinski definition) is 1. The summed E-state index contributed by atoms with van der Waals surface area (Å²) < 4.78 is 1.44. The van der Waals surface area contributed by atoms with Gasteiger partial charge in [0.1, 0.15) is 0 Å². The zero-order chi connectivity index (χ0) is 19.7. The van der Waals surface area contributed by atoms with Crippen LogP contribution in [0.2, 0.25) is 0 Å². The highest BCUT2D eigenvalue weighted by Gasteiger charge is 2.34. The fourth-order valence-corrected chi connectivity index (χ4v) is 4.44. The molecule has 3 heterocycles. The van der Waals surface area contributed by atoms with Gasteiger partial charge in [-0.05, 0) is 51.1 Å². The highest BCUT2D eigenvalue weighted by Crippen LogP contribution is 2.26. The van der Waals surface area contributed by atoms with E-state index in [1.54, 1.807) is 19.3 Å². The number of carbonyl (C=O) groups is 2. The van der Waals surface area contributed by atoms with E-state index in [1.807, 2.05) is 4.90 Å². The Balaban J connectivity index is 1.30. The Hall–Kier alpha value is -2.15. The van der Waals surface area contributed by atoms with Crippen LogP contribution in [0, 0.1) is 5.92 Å². The first-order valence-corrected chi connectivity index (χ1v) is 10.5. The smallest absolute Gasteiger partial charge is 0.255 e. The molecule has 1 atom stereocenters. The van der Waals surface area contributed by atoms with Gasteiger partial charge >= 0.3 is 0 Å². The van der Waals surface area contributed by atoms with Gasteiger partial charge in [-0.3, -0.25) is 19.3 Å². The van der Waals surface area contributed by atoms with E-state index in [-0.39, 0.29) is 23.3 Å². The highest BCUT2D eigenvalue weighted by atomic mass is 16.2. The van der Waals surface area contributed by atoms with Crippen LogP contribution in [0.15, 0.2) is 23.1 Å². The van der Waals surface area contributed by atoms with Crippen molar-refractivity contribution in [1.82, 2.24) is 19.7 Å². The summed E-state index contributed by atoms with van der Waals surface area (Å²) >= 11 is 0. The fourth-order valence-electron chi connectivity index (χ4n) is 4.44. The van der Waals surface area contributed by atoms with E-state index in [2.05, 4.69) is 10.2 Å². The standard InChI is InChI=1S/C21H30N4O3/c1-23-13-16(4-7-19(23)26)21(28)24-11-8-18(9-12-24)25-10-2-3-15(14-25)20(27)22-17-5-6-17/h4,7,13,15,17-18H,2-3,5-6,8-12,14H2,1H3,(H,22,27)/t15-/m1/s1. The highest BCUT2D eigenvalue weighted by molar-refractivity contribution is 5.94. The SMILES string of the molecule is Cn1cc(C(=O)N2CCC(N3CCC[C@@H](C(=O)NC4CC4)C3)CC2)ccc1=O. The van der Waals surface area contributed by atoms with E-state index in [1.165, 1.54) is 10.6 Å². The lowest BCUT2D eigenvalue weighted by Crippen LogP contribution is -2.51. The molecule has 2 aliphatic heterocycles. The van der Waals surface area contributed by atoms with Crippen LogP contribution in [0.1, 0.15) is 48.9 Å². The van der Waals surface area contributed by atoms with Crippen LogP contribution in [0.4, 0.5) is 0 Å². The van der Waals surface area contributed by atoms with Gasteiger partial charge in [0, 0.05) is 51.0 Å². The van der Waals surface area contributed by atoms with E-state index >= 15 is 0 Å². The summed E-state index contributed by atoms with van der Waals surface area (Å²) in [6, 6.07) is 3.93. The van der Waals surface area contributed by atoms with E-state index in [0.717, 1.165) is 64.7 Å². The predicted molar refractivity (Wildman–Crippen MR) is 106 cm³/mol. The molecule has 2 saturated heterocycles. The number of carbonyl (C=O) groups excluding carboxylic acids is 2. The lowest BCUT2D eigenvalue weighted by Gasteiger charge is -2.42. The lowest BCUT2D eigenvalue weighted by molar-refractivity contribution is -0.127. The molecule has 3 aliphatic rings. The first kappa shape index (κ1) is 19.2. The molecule has 4 rings (SSSR count). The number of nitrogens with zero attached hydrogens (tertiary/aromatic N) is 3. The van der Waals surface area contributed by atoms with E-state index in [9.17, 15) is 14.4 Å². The maximum atomic E-state index is 12.7. The minimum atomic E-state index is -0.111. The molecular formula is C21H30N4O3. The molecule has 1 aromatic heterocycles. The van der Waals surface area contributed by atoms with E-state index in [0.29, 0.717) is 17.6 Å². The number of likely N-dealkylation sites (tertiary alicyclic amines) is 2. The average Bonchev–Trinajstić information content (AvgIpc) is 3.54. The van der Waals surface area contributed by atoms with Crippen molar-refractivity contribution in [2.45, 2.75) is 50.6 Å². The molecule has 0 aromatic carbocycles. The third kappa shape index (κ3) is 4.29. The van der Waals surface area contributed by atoms with Gasteiger partial charge in [0.15, 0.2) is 0 Å². The lowest BCUT2D eigenvalue weighted by atomic mass is 9.93. The predicted octanol–water partition coefficient (Wildman–Crippen LogP) is 0.981. The zero-order valence-electron chi connectivity index (χ0n) is 16.6. The minimum absolute atomic E-state index is 0.00520. The second-order valence-electron chi connectivity index (χ2n) is 8.51. The van der Waals surface area contributed by atoms with Crippen LogP contribution in [0.25, 0.3) is 0 Å². The number of hydrogen-bond acceptors (Lipinski definition) is 4. The van der Waals surface area contributed by atoms with Gasteiger partial charge < -0.3 is 14.8 Å². The molecule has 7 nitrogen and oxygen atoms in total. The quantitative estimate of drug-likeness (QED) is 0.837. The van der Waals surface area contributed by atoms with Crippen molar-refractivity contribution < 1.29 is 9.59 Å². The molecule has 0 bridgehead atoms. The van der Waals surface area contributed by atoms with Crippen LogP contribution in [-0.2, 0) is 11.8 Å². The van der Waals surface area contributed by atoms with E-state index in [4.69, 9.17) is 0 Å². The number of aromatic nitrogens is 1. The van der Waals surface area contributed by atoms with Crippen LogP contribution in [-0.4, -0.2) is 64.4 Å². The molecule has 1 aliphatic carbocycles. The van der Waals surface area contributed by atoms with Gasteiger partial charge in [-0.25, -0.2) is 0 Å². The second kappa shape index (κ2) is 8.07. The fraction of sp³-hybridized carbons (Fsp3) is 0.667. The molecule has 1 saturated carbocycles. The Bertz CT molecular complexity index is 793. The Morgan fingerprint density at radius 1 is 1.04 bits per heavy atom. The third-order valence-corrected chi connectivity index (χ3v) is 6.35. The van der Waals surface area contributed by atoms with Crippen molar-refractivity contribution in [3.63, 3.8) is 0 Å². The van der Waals surface area contributed by atoms with Crippen molar-refractivity contribution >= 4 is 11.8 Å². The summed E-state index contributed by atoms with van der Waals surface area (Å²) in [5.41, 5.74) is 0.455. The van der Waals surface area contributed by atoms with Crippen molar-refractivity contribution in [3.8, 4) is 0 Å². The molecule has 0 radical (unpaired) electrons. The van der Waals surface area contributed by atoms with Crippen LogP contribution in [0.5, 0.6) is 0 Å². The third-order valence-electron chi connectivity index (χ3n) is 6.35. The molecule has 1 N–H and O–H groups in total. The van der Waals surface area contributed by atoms with Gasteiger partial charge in [0.25, 0.3) is 5.91 Å². The summed E-state index contributed by atoms with van der Waals surface area (Å²) in [7, 11) is 1.66. The minimum Gasteiger partial charge on any atom is -0.353 e. The Morgan fingerprint density at radius 2 is 1.79 bits per heavy atom. The number of nitrogens with one attached hydrogen (secondary N) is 1. The van der Waals surface area contributed by atoms with Crippen LogP contribution < -0.4 is 10.9 Å². The number of rotatable bonds is 4. The Morgan fingerprint density at radius 3 is 2.46 bits per heavy atom. The summed E-state index contributed by atoms with van der Waals surface area (Å²) in [4.78, 5) is 41.0. The van der Waals surface area contributed by atoms with E-state index < -0.39 is 0 Å². The number of pyridine rings is 1. The van der Waals surface area contributed by atoms with Gasteiger partial charge in [0.05, 0.1) is 11.5 Å². The zero-order valence-corrected chi connectivity index (χ0v) is 16.6. The molecule has 1 aromatic rings. The van der Waals surface area contributed by atoms with Crippen molar-refractivity contribution in [1.29, 1.82) is 0 Å².